The zero-order valence-electron chi connectivity index (χ0n) is 12.9. The highest BCUT2D eigenvalue weighted by Gasteiger charge is 2.13. The molecule has 2 rings (SSSR count). The summed E-state index contributed by atoms with van der Waals surface area (Å²) in [5.74, 6) is 3.21. The maximum atomic E-state index is 12.0. The van der Waals surface area contributed by atoms with Crippen molar-refractivity contribution in [1.29, 1.82) is 0 Å². The Morgan fingerprint density at radius 2 is 1.76 bits per heavy atom. The van der Waals surface area contributed by atoms with Crippen LogP contribution in [0.4, 0.5) is 0 Å². The van der Waals surface area contributed by atoms with E-state index in [0.29, 0.717) is 6.79 Å². The van der Waals surface area contributed by atoms with Crippen molar-refractivity contribution in [3.63, 3.8) is 0 Å². The predicted octanol–water partition coefficient (Wildman–Crippen LogP) is 4.07. The van der Waals surface area contributed by atoms with Gasteiger partial charge in [-0.1, -0.05) is 45.1 Å². The summed E-state index contributed by atoms with van der Waals surface area (Å²) in [6, 6.07) is 5.98. The number of benzene rings is 1. The molecule has 1 aromatic rings. The molecule has 0 N–H and O–H groups in total. The maximum absolute atomic E-state index is 12.0. The van der Waals surface area contributed by atoms with Crippen LogP contribution < -0.4 is 9.47 Å². The number of hydrogen-bond donors (Lipinski definition) is 0. The lowest BCUT2D eigenvalue weighted by Gasteiger charge is -2.04. The molecule has 1 atom stereocenters. The van der Waals surface area contributed by atoms with Crippen molar-refractivity contribution in [3.05, 3.63) is 23.8 Å². The van der Waals surface area contributed by atoms with Gasteiger partial charge in [-0.3, -0.25) is 4.21 Å². The number of hydrogen-bond acceptors (Lipinski definition) is 3. The second-order valence-corrected chi connectivity index (χ2v) is 7.25. The van der Waals surface area contributed by atoms with Crippen molar-refractivity contribution in [2.45, 2.75) is 51.9 Å². The van der Waals surface area contributed by atoms with Gasteiger partial charge in [0.2, 0.25) is 6.79 Å². The Balaban J connectivity index is 1.60. The van der Waals surface area contributed by atoms with Gasteiger partial charge >= 0.3 is 0 Å². The van der Waals surface area contributed by atoms with E-state index in [-0.39, 0.29) is 0 Å². The summed E-state index contributed by atoms with van der Waals surface area (Å²) in [6.45, 7) is 2.54. The fraction of sp³-hybridized carbons (Fsp3) is 0.647. The molecular formula is C17H26O3S. The highest BCUT2D eigenvalue weighted by atomic mass is 32.2. The van der Waals surface area contributed by atoms with Gasteiger partial charge in [-0.15, -0.1) is 0 Å². The first kappa shape index (κ1) is 16.3. The molecule has 1 unspecified atom stereocenters. The average molecular weight is 310 g/mol. The Morgan fingerprint density at radius 3 is 2.62 bits per heavy atom. The Morgan fingerprint density at radius 1 is 1.00 bits per heavy atom. The van der Waals surface area contributed by atoms with E-state index in [1.54, 1.807) is 0 Å². The van der Waals surface area contributed by atoms with E-state index in [1.807, 2.05) is 18.2 Å². The molecule has 0 saturated carbocycles. The van der Waals surface area contributed by atoms with Gasteiger partial charge in [-0.2, -0.15) is 0 Å². The van der Waals surface area contributed by atoms with Gasteiger partial charge in [-0.25, -0.2) is 0 Å². The van der Waals surface area contributed by atoms with Crippen LogP contribution in [0.15, 0.2) is 18.2 Å². The highest BCUT2D eigenvalue weighted by Crippen LogP contribution is 2.32. The van der Waals surface area contributed by atoms with E-state index < -0.39 is 10.8 Å². The molecule has 3 nitrogen and oxygen atoms in total. The molecule has 4 heteroatoms. The third-order valence-electron chi connectivity index (χ3n) is 3.78. The Labute approximate surface area is 130 Å². The van der Waals surface area contributed by atoms with Gasteiger partial charge in [0, 0.05) is 22.3 Å². The largest absolute Gasteiger partial charge is 0.454 e. The lowest BCUT2D eigenvalue weighted by molar-refractivity contribution is 0.174. The fourth-order valence-corrected chi connectivity index (χ4v) is 3.67. The lowest BCUT2D eigenvalue weighted by atomic mass is 10.1. The molecule has 1 aromatic carbocycles. The van der Waals surface area contributed by atoms with Crippen molar-refractivity contribution in [1.82, 2.24) is 0 Å². The Hall–Kier alpha value is -1.03. The van der Waals surface area contributed by atoms with Gasteiger partial charge in [0.1, 0.15) is 0 Å². The van der Waals surface area contributed by atoms with E-state index in [1.165, 1.54) is 37.7 Å². The molecule has 0 aromatic heterocycles. The van der Waals surface area contributed by atoms with Crippen molar-refractivity contribution >= 4 is 10.8 Å². The summed E-state index contributed by atoms with van der Waals surface area (Å²) >= 11 is 0. The second-order valence-electron chi connectivity index (χ2n) is 5.55. The van der Waals surface area contributed by atoms with Gasteiger partial charge < -0.3 is 9.47 Å². The minimum Gasteiger partial charge on any atom is -0.454 e. The van der Waals surface area contributed by atoms with Gasteiger partial charge in [0.25, 0.3) is 0 Å². The zero-order valence-corrected chi connectivity index (χ0v) is 13.8. The molecule has 1 heterocycles. The van der Waals surface area contributed by atoms with Crippen LogP contribution in [0.1, 0.15) is 51.0 Å². The third-order valence-corrected chi connectivity index (χ3v) is 5.18. The van der Waals surface area contributed by atoms with E-state index >= 15 is 0 Å². The van der Waals surface area contributed by atoms with Crippen LogP contribution in [0.2, 0.25) is 0 Å². The number of rotatable bonds is 10. The predicted molar refractivity (Wildman–Crippen MR) is 87.5 cm³/mol. The Kier molecular flexibility index (Phi) is 7.07. The van der Waals surface area contributed by atoms with Crippen molar-refractivity contribution in [3.8, 4) is 11.5 Å². The summed E-state index contributed by atoms with van der Waals surface area (Å²) in [6.07, 6.45) is 8.37. The number of ether oxygens (including phenoxy) is 2. The summed E-state index contributed by atoms with van der Waals surface area (Å²) in [5.41, 5.74) is 1.18. The summed E-state index contributed by atoms with van der Waals surface area (Å²) in [4.78, 5) is 0. The van der Waals surface area contributed by atoms with Crippen molar-refractivity contribution in [2.75, 3.05) is 18.3 Å². The van der Waals surface area contributed by atoms with Crippen LogP contribution in [0.3, 0.4) is 0 Å². The number of unbranched alkanes of at least 4 members (excludes halogenated alkanes) is 5. The van der Waals surface area contributed by atoms with Gasteiger partial charge in [-0.05, 0) is 30.5 Å². The SMILES string of the molecule is CCCCCCCCS(=O)CCc1ccc2c(c1)OCO2. The smallest absolute Gasteiger partial charge is 0.231 e. The van der Waals surface area contributed by atoms with Crippen molar-refractivity contribution in [2.24, 2.45) is 0 Å². The normalized spacial score (nSPS) is 14.3. The molecular weight excluding hydrogens is 284 g/mol. The first-order valence-electron chi connectivity index (χ1n) is 8.03. The second kappa shape index (κ2) is 9.08. The third kappa shape index (κ3) is 5.70. The van der Waals surface area contributed by atoms with Gasteiger partial charge in [0.05, 0.1) is 0 Å². The van der Waals surface area contributed by atoms with Gasteiger partial charge in [0.15, 0.2) is 11.5 Å². The average Bonchev–Trinajstić information content (AvgIpc) is 2.96. The number of fused-ring (bicyclic) bond motifs is 1. The number of aryl methyl sites for hydroxylation is 1. The zero-order chi connectivity index (χ0) is 14.9. The first-order chi connectivity index (χ1) is 10.3. The molecule has 21 heavy (non-hydrogen) atoms. The maximum Gasteiger partial charge on any atom is 0.231 e. The quantitative estimate of drug-likeness (QED) is 0.611. The molecule has 0 fully saturated rings. The molecule has 0 bridgehead atoms. The standard InChI is InChI=1S/C17H26O3S/c1-2-3-4-5-6-7-11-21(18)12-10-15-8-9-16-17(13-15)20-14-19-16/h8-9,13H,2-7,10-12,14H2,1H3. The van der Waals surface area contributed by atoms with E-state index in [0.717, 1.165) is 35.8 Å². The van der Waals surface area contributed by atoms with Crippen LogP contribution in [-0.2, 0) is 17.2 Å². The van der Waals surface area contributed by atoms with Crippen LogP contribution >= 0.6 is 0 Å². The van der Waals surface area contributed by atoms with Crippen LogP contribution in [0.5, 0.6) is 11.5 Å². The first-order valence-corrected chi connectivity index (χ1v) is 9.52. The summed E-state index contributed by atoms with van der Waals surface area (Å²) < 4.78 is 22.6. The summed E-state index contributed by atoms with van der Waals surface area (Å²) in [7, 11) is -0.698. The highest BCUT2D eigenvalue weighted by molar-refractivity contribution is 7.84. The minimum absolute atomic E-state index is 0.308. The molecule has 0 spiro atoms. The topological polar surface area (TPSA) is 35.5 Å². The molecule has 1 aliphatic rings. The summed E-state index contributed by atoms with van der Waals surface area (Å²) in [5, 5.41) is 0. The van der Waals surface area contributed by atoms with E-state index in [9.17, 15) is 4.21 Å². The van der Waals surface area contributed by atoms with Crippen LogP contribution in [0.25, 0.3) is 0 Å². The molecule has 1 aliphatic heterocycles. The van der Waals surface area contributed by atoms with E-state index in [2.05, 4.69) is 6.92 Å². The van der Waals surface area contributed by atoms with E-state index in [4.69, 9.17) is 9.47 Å². The van der Waals surface area contributed by atoms with Crippen molar-refractivity contribution < 1.29 is 13.7 Å². The van der Waals surface area contributed by atoms with Crippen LogP contribution in [0, 0.1) is 0 Å². The van der Waals surface area contributed by atoms with Crippen LogP contribution in [-0.4, -0.2) is 22.5 Å². The molecule has 0 aliphatic carbocycles. The molecule has 118 valence electrons. The monoisotopic (exact) mass is 310 g/mol. The lowest BCUT2D eigenvalue weighted by Crippen LogP contribution is -2.05. The molecule has 0 saturated heterocycles. The molecule has 0 amide bonds. The fourth-order valence-electron chi connectivity index (χ4n) is 2.47. The minimum atomic E-state index is -0.698. The molecule has 0 radical (unpaired) electrons. The Bertz CT molecular complexity index is 459.